The number of hydrogen-bond donors (Lipinski definition) is 1. The van der Waals surface area contributed by atoms with E-state index in [0.29, 0.717) is 5.75 Å². The van der Waals surface area contributed by atoms with Gasteiger partial charge in [-0.15, -0.1) is 0 Å². The highest BCUT2D eigenvalue weighted by Gasteiger charge is 2.16. The van der Waals surface area contributed by atoms with Gasteiger partial charge < -0.3 is 24.6 Å². The van der Waals surface area contributed by atoms with Crippen molar-refractivity contribution in [2.45, 2.75) is 13.0 Å². The summed E-state index contributed by atoms with van der Waals surface area (Å²) in [5.41, 5.74) is 1.95. The Labute approximate surface area is 160 Å². The van der Waals surface area contributed by atoms with Gasteiger partial charge >= 0.3 is 0 Å². The molecule has 0 aliphatic carbocycles. The Hall–Kier alpha value is -2.73. The lowest BCUT2D eigenvalue weighted by Gasteiger charge is -2.34. The third kappa shape index (κ3) is 5.14. The second kappa shape index (κ2) is 8.77. The summed E-state index contributed by atoms with van der Waals surface area (Å²) in [4.78, 5) is 17.1. The number of nitrogens with one attached hydrogen (secondary N) is 1. The highest BCUT2D eigenvalue weighted by atomic mass is 16.5. The lowest BCUT2D eigenvalue weighted by Crippen LogP contribution is -2.44. The monoisotopic (exact) mass is 369 g/mol. The fourth-order valence-corrected chi connectivity index (χ4v) is 2.98. The Morgan fingerprint density at radius 2 is 1.56 bits per heavy atom. The van der Waals surface area contributed by atoms with Crippen LogP contribution in [-0.2, 0) is 4.79 Å². The summed E-state index contributed by atoms with van der Waals surface area (Å²) in [7, 11) is 3.76. The standard InChI is InChI=1S/C21H27N3O3/c1-16(27-20-10-8-19(26-3)9-11-20)21(25)22-17-4-6-18(7-5-17)24-14-12-23(2)13-15-24/h4-11,16H,12-15H2,1-3H3,(H,22,25). The number of hydrogen-bond acceptors (Lipinski definition) is 5. The molecule has 0 bridgehead atoms. The van der Waals surface area contributed by atoms with E-state index in [4.69, 9.17) is 9.47 Å². The van der Waals surface area contributed by atoms with E-state index in [1.807, 2.05) is 12.1 Å². The summed E-state index contributed by atoms with van der Waals surface area (Å²) in [5.74, 6) is 1.20. The number of methoxy groups -OCH3 is 1. The first kappa shape index (κ1) is 19.0. The summed E-state index contributed by atoms with van der Waals surface area (Å²) >= 11 is 0. The molecule has 6 heteroatoms. The largest absolute Gasteiger partial charge is 0.497 e. The number of carbonyl (C=O) groups excluding carboxylic acids is 1. The number of piperazine rings is 1. The summed E-state index contributed by atoms with van der Waals surface area (Å²) in [6.07, 6.45) is -0.601. The Bertz CT molecular complexity index is 738. The Morgan fingerprint density at radius 3 is 2.15 bits per heavy atom. The smallest absolute Gasteiger partial charge is 0.265 e. The van der Waals surface area contributed by atoms with Crippen molar-refractivity contribution in [2.24, 2.45) is 0 Å². The van der Waals surface area contributed by atoms with E-state index in [1.165, 1.54) is 5.69 Å². The van der Waals surface area contributed by atoms with E-state index in [-0.39, 0.29) is 5.91 Å². The van der Waals surface area contributed by atoms with Crippen molar-refractivity contribution < 1.29 is 14.3 Å². The van der Waals surface area contributed by atoms with Crippen LogP contribution < -0.4 is 19.7 Å². The average Bonchev–Trinajstić information content (AvgIpc) is 2.70. The van der Waals surface area contributed by atoms with Crippen molar-refractivity contribution in [1.29, 1.82) is 0 Å². The summed E-state index contributed by atoms with van der Waals surface area (Å²) in [6, 6.07) is 15.2. The summed E-state index contributed by atoms with van der Waals surface area (Å²) in [6.45, 7) is 5.92. The van der Waals surface area contributed by atoms with Crippen molar-refractivity contribution >= 4 is 17.3 Å². The molecule has 1 N–H and O–H groups in total. The highest BCUT2D eigenvalue weighted by molar-refractivity contribution is 5.94. The predicted molar refractivity (Wildman–Crippen MR) is 108 cm³/mol. The van der Waals surface area contributed by atoms with Gasteiger partial charge in [-0.2, -0.15) is 0 Å². The summed E-state index contributed by atoms with van der Waals surface area (Å²) < 4.78 is 10.8. The predicted octanol–water partition coefficient (Wildman–Crippen LogP) is 2.85. The normalized spacial score (nSPS) is 15.9. The van der Waals surface area contributed by atoms with E-state index in [0.717, 1.165) is 37.6 Å². The Morgan fingerprint density at radius 1 is 0.963 bits per heavy atom. The average molecular weight is 369 g/mol. The molecule has 2 aromatic carbocycles. The lowest BCUT2D eigenvalue weighted by atomic mass is 10.2. The van der Waals surface area contributed by atoms with Gasteiger partial charge in [0.25, 0.3) is 5.91 Å². The molecule has 1 aliphatic heterocycles. The number of likely N-dealkylation sites (N-methyl/N-ethyl adjacent to an activating group) is 1. The van der Waals surface area contributed by atoms with Crippen molar-refractivity contribution in [1.82, 2.24) is 4.90 Å². The Kier molecular flexibility index (Phi) is 6.19. The molecule has 1 unspecified atom stereocenters. The number of ether oxygens (including phenoxy) is 2. The van der Waals surface area contributed by atoms with Crippen LogP contribution in [0.2, 0.25) is 0 Å². The van der Waals surface area contributed by atoms with Crippen LogP contribution in [0.4, 0.5) is 11.4 Å². The first-order valence-corrected chi connectivity index (χ1v) is 9.20. The van der Waals surface area contributed by atoms with Gasteiger partial charge in [-0.05, 0) is 62.5 Å². The minimum Gasteiger partial charge on any atom is -0.497 e. The molecule has 2 aromatic rings. The first-order valence-electron chi connectivity index (χ1n) is 9.20. The molecular weight excluding hydrogens is 342 g/mol. The van der Waals surface area contributed by atoms with Crippen molar-refractivity contribution in [3.8, 4) is 11.5 Å². The number of rotatable bonds is 6. The second-order valence-electron chi connectivity index (χ2n) is 6.76. The topological polar surface area (TPSA) is 54.0 Å². The number of amides is 1. The lowest BCUT2D eigenvalue weighted by molar-refractivity contribution is -0.122. The highest BCUT2D eigenvalue weighted by Crippen LogP contribution is 2.21. The quantitative estimate of drug-likeness (QED) is 0.849. The molecular formula is C21H27N3O3. The fraction of sp³-hybridized carbons (Fsp3) is 0.381. The summed E-state index contributed by atoms with van der Waals surface area (Å²) in [5, 5.41) is 2.91. The van der Waals surface area contributed by atoms with E-state index in [2.05, 4.69) is 34.3 Å². The molecule has 1 fully saturated rings. The van der Waals surface area contributed by atoms with E-state index in [1.54, 1.807) is 38.3 Å². The van der Waals surface area contributed by atoms with Gasteiger partial charge in [0.15, 0.2) is 6.10 Å². The van der Waals surface area contributed by atoms with Crippen molar-refractivity contribution in [3.05, 3.63) is 48.5 Å². The number of carbonyl (C=O) groups is 1. The van der Waals surface area contributed by atoms with Gasteiger partial charge in [-0.25, -0.2) is 0 Å². The van der Waals surface area contributed by atoms with Gasteiger partial charge in [0, 0.05) is 37.6 Å². The molecule has 0 spiro atoms. The molecule has 144 valence electrons. The maximum absolute atomic E-state index is 12.4. The van der Waals surface area contributed by atoms with E-state index < -0.39 is 6.10 Å². The van der Waals surface area contributed by atoms with Crippen LogP contribution in [0.5, 0.6) is 11.5 Å². The molecule has 1 heterocycles. The third-order valence-electron chi connectivity index (χ3n) is 4.74. The second-order valence-corrected chi connectivity index (χ2v) is 6.76. The molecule has 0 aromatic heterocycles. The van der Waals surface area contributed by atoms with Crippen LogP contribution in [0.3, 0.4) is 0 Å². The zero-order valence-electron chi connectivity index (χ0n) is 16.1. The molecule has 0 saturated carbocycles. The van der Waals surface area contributed by atoms with Crippen molar-refractivity contribution in [3.63, 3.8) is 0 Å². The van der Waals surface area contributed by atoms with Crippen LogP contribution in [0.25, 0.3) is 0 Å². The van der Waals surface area contributed by atoms with Gasteiger partial charge in [0.2, 0.25) is 0 Å². The molecule has 1 amide bonds. The van der Waals surface area contributed by atoms with Crippen LogP contribution >= 0.6 is 0 Å². The molecule has 27 heavy (non-hydrogen) atoms. The van der Waals surface area contributed by atoms with Crippen LogP contribution in [0.15, 0.2) is 48.5 Å². The zero-order valence-corrected chi connectivity index (χ0v) is 16.1. The molecule has 0 radical (unpaired) electrons. The van der Waals surface area contributed by atoms with Crippen molar-refractivity contribution in [2.75, 3.05) is 50.6 Å². The van der Waals surface area contributed by atoms with Gasteiger partial charge in [-0.3, -0.25) is 4.79 Å². The first-order chi connectivity index (χ1) is 13.0. The molecule has 1 saturated heterocycles. The van der Waals surface area contributed by atoms with Gasteiger partial charge in [0.05, 0.1) is 7.11 Å². The zero-order chi connectivity index (χ0) is 19.2. The molecule has 6 nitrogen and oxygen atoms in total. The number of anilines is 2. The molecule has 1 atom stereocenters. The maximum Gasteiger partial charge on any atom is 0.265 e. The van der Waals surface area contributed by atoms with Crippen LogP contribution in [0.1, 0.15) is 6.92 Å². The van der Waals surface area contributed by atoms with Gasteiger partial charge in [0.1, 0.15) is 11.5 Å². The van der Waals surface area contributed by atoms with Gasteiger partial charge in [-0.1, -0.05) is 0 Å². The number of nitrogens with zero attached hydrogens (tertiary/aromatic N) is 2. The van der Waals surface area contributed by atoms with E-state index >= 15 is 0 Å². The van der Waals surface area contributed by atoms with Crippen LogP contribution in [0, 0.1) is 0 Å². The minimum absolute atomic E-state index is 0.182. The number of benzene rings is 2. The third-order valence-corrected chi connectivity index (χ3v) is 4.74. The molecule has 1 aliphatic rings. The fourth-order valence-electron chi connectivity index (χ4n) is 2.98. The van der Waals surface area contributed by atoms with E-state index in [9.17, 15) is 4.79 Å². The van der Waals surface area contributed by atoms with Crippen LogP contribution in [-0.4, -0.2) is 57.2 Å². The Balaban J connectivity index is 1.53. The maximum atomic E-state index is 12.4. The minimum atomic E-state index is -0.601. The molecule has 3 rings (SSSR count). The SMILES string of the molecule is COc1ccc(OC(C)C(=O)Nc2ccc(N3CCN(C)CC3)cc2)cc1.